The number of benzene rings is 1. The van der Waals surface area contributed by atoms with Crippen LogP contribution in [0.1, 0.15) is 17.3 Å². The topological polar surface area (TPSA) is 52.3 Å². The number of anilines is 1. The number of carbonyl (C=O) groups is 1. The maximum absolute atomic E-state index is 12.9. The molecule has 0 heterocycles. The van der Waals surface area contributed by atoms with Crippen LogP contribution in [0.5, 0.6) is 5.75 Å². The molecule has 6 heteroatoms. The van der Waals surface area contributed by atoms with Gasteiger partial charge in [-0.3, -0.25) is 4.79 Å². The van der Waals surface area contributed by atoms with Crippen molar-refractivity contribution in [1.82, 2.24) is 0 Å². The van der Waals surface area contributed by atoms with Crippen LogP contribution in [-0.2, 0) is 0 Å². The van der Waals surface area contributed by atoms with Crippen molar-refractivity contribution in [2.45, 2.75) is 13.5 Å². The van der Waals surface area contributed by atoms with Crippen LogP contribution in [0.15, 0.2) is 12.1 Å². The van der Waals surface area contributed by atoms with Crippen molar-refractivity contribution in [3.63, 3.8) is 0 Å². The Morgan fingerprint density at radius 2 is 2.07 bits per heavy atom. The number of hydrogen-bond donors (Lipinski definition) is 1. The molecular formula is C9H8F3NO2. The maximum atomic E-state index is 12.9. The number of nitrogen functional groups attached to an aromatic ring is 1. The lowest BCUT2D eigenvalue weighted by Crippen LogP contribution is -2.10. The van der Waals surface area contributed by atoms with E-state index in [1.807, 2.05) is 0 Å². The number of ether oxygens (including phenoxy) is 1. The molecule has 0 unspecified atom stereocenters. The molecule has 0 amide bonds. The fraction of sp³-hybridized carbons (Fsp3) is 0.222. The first-order chi connectivity index (χ1) is 6.93. The third-order valence-electron chi connectivity index (χ3n) is 1.72. The molecular weight excluding hydrogens is 211 g/mol. The van der Waals surface area contributed by atoms with E-state index in [1.165, 1.54) is 0 Å². The van der Waals surface area contributed by atoms with Crippen LogP contribution in [0.4, 0.5) is 18.9 Å². The van der Waals surface area contributed by atoms with E-state index in [-0.39, 0.29) is 5.56 Å². The Balaban J connectivity index is 3.27. The van der Waals surface area contributed by atoms with Gasteiger partial charge in [-0.05, 0) is 19.1 Å². The summed E-state index contributed by atoms with van der Waals surface area (Å²) >= 11 is 0. The summed E-state index contributed by atoms with van der Waals surface area (Å²) in [5, 5.41) is 0. The average Bonchev–Trinajstić information content (AvgIpc) is 2.10. The van der Waals surface area contributed by atoms with E-state index in [2.05, 4.69) is 4.74 Å². The van der Waals surface area contributed by atoms with Gasteiger partial charge in [-0.2, -0.15) is 8.78 Å². The van der Waals surface area contributed by atoms with Gasteiger partial charge in [-0.1, -0.05) is 0 Å². The van der Waals surface area contributed by atoms with Crippen LogP contribution >= 0.6 is 0 Å². The summed E-state index contributed by atoms with van der Waals surface area (Å²) in [6.45, 7) is -2.00. The lowest BCUT2D eigenvalue weighted by molar-refractivity contribution is -0.0501. The smallest absolute Gasteiger partial charge is 0.387 e. The van der Waals surface area contributed by atoms with Gasteiger partial charge in [0.25, 0.3) is 0 Å². The molecule has 3 nitrogen and oxygen atoms in total. The summed E-state index contributed by atoms with van der Waals surface area (Å²) in [6, 6.07) is 1.80. The quantitative estimate of drug-likeness (QED) is 0.626. The summed E-state index contributed by atoms with van der Waals surface area (Å²) in [5.74, 6) is -1.90. The van der Waals surface area contributed by atoms with E-state index in [4.69, 9.17) is 5.73 Å². The van der Waals surface area contributed by atoms with Crippen molar-refractivity contribution in [3.05, 3.63) is 23.5 Å². The van der Waals surface area contributed by atoms with Gasteiger partial charge >= 0.3 is 6.61 Å². The molecule has 0 atom stereocenters. The van der Waals surface area contributed by atoms with E-state index in [9.17, 15) is 18.0 Å². The summed E-state index contributed by atoms with van der Waals surface area (Å²) in [4.78, 5) is 11.0. The Hall–Kier alpha value is -1.72. The predicted molar refractivity (Wildman–Crippen MR) is 47.4 cm³/mol. The first kappa shape index (κ1) is 11.4. The van der Waals surface area contributed by atoms with Gasteiger partial charge in [-0.15, -0.1) is 0 Å². The van der Waals surface area contributed by atoms with Crippen molar-refractivity contribution in [2.75, 3.05) is 5.73 Å². The number of alkyl halides is 2. The monoisotopic (exact) mass is 219 g/mol. The zero-order valence-corrected chi connectivity index (χ0v) is 7.76. The molecule has 1 rings (SSSR count). The highest BCUT2D eigenvalue weighted by atomic mass is 19.3. The number of halogens is 3. The van der Waals surface area contributed by atoms with Gasteiger partial charge in [-0.25, -0.2) is 4.39 Å². The van der Waals surface area contributed by atoms with Crippen molar-refractivity contribution in [3.8, 4) is 5.75 Å². The average molecular weight is 219 g/mol. The van der Waals surface area contributed by atoms with Crippen LogP contribution in [0.3, 0.4) is 0 Å². The normalized spacial score (nSPS) is 10.5. The molecule has 0 spiro atoms. The van der Waals surface area contributed by atoms with Crippen LogP contribution < -0.4 is 10.5 Å². The lowest BCUT2D eigenvalue weighted by Gasteiger charge is -2.10. The summed E-state index contributed by atoms with van der Waals surface area (Å²) in [7, 11) is 0. The Bertz CT molecular complexity index is 393. The van der Waals surface area contributed by atoms with E-state index >= 15 is 0 Å². The minimum atomic E-state index is -3.09. The number of rotatable bonds is 3. The highest BCUT2D eigenvalue weighted by Crippen LogP contribution is 2.28. The molecule has 1 aromatic carbocycles. The molecule has 0 bridgehead atoms. The van der Waals surface area contributed by atoms with E-state index in [1.54, 1.807) is 0 Å². The van der Waals surface area contributed by atoms with Crippen LogP contribution in [0.2, 0.25) is 0 Å². The third kappa shape index (κ3) is 2.39. The van der Waals surface area contributed by atoms with Gasteiger partial charge in [0, 0.05) is 0 Å². The predicted octanol–water partition coefficient (Wildman–Crippen LogP) is 2.21. The van der Waals surface area contributed by atoms with Gasteiger partial charge in [0.05, 0.1) is 11.3 Å². The number of carbonyl (C=O) groups excluding carboxylic acids is 1. The third-order valence-corrected chi connectivity index (χ3v) is 1.72. The molecule has 2 N–H and O–H groups in total. The first-order valence-electron chi connectivity index (χ1n) is 3.97. The number of hydrogen-bond acceptors (Lipinski definition) is 3. The Morgan fingerprint density at radius 1 is 1.47 bits per heavy atom. The van der Waals surface area contributed by atoms with Crippen molar-refractivity contribution < 1.29 is 22.7 Å². The van der Waals surface area contributed by atoms with Gasteiger partial charge in [0.2, 0.25) is 0 Å². The standard InChI is InChI=1S/C9H8F3NO2/c1-4(14)7-6(15-9(11)12)3-2-5(10)8(7)13/h2-3,9H,13H2,1H3. The van der Waals surface area contributed by atoms with Crippen LogP contribution in [0, 0.1) is 5.82 Å². The molecule has 0 saturated carbocycles. The Labute approximate surface area is 83.6 Å². The van der Waals surface area contributed by atoms with Crippen molar-refractivity contribution >= 4 is 11.5 Å². The molecule has 0 aliphatic rings. The minimum Gasteiger partial charge on any atom is -0.434 e. The molecule has 0 fully saturated rings. The van der Waals surface area contributed by atoms with Gasteiger partial charge in [0.1, 0.15) is 11.6 Å². The molecule has 82 valence electrons. The maximum Gasteiger partial charge on any atom is 0.387 e. The van der Waals surface area contributed by atoms with E-state index in [0.29, 0.717) is 0 Å². The number of ketones is 1. The Morgan fingerprint density at radius 3 is 2.53 bits per heavy atom. The lowest BCUT2D eigenvalue weighted by atomic mass is 10.1. The van der Waals surface area contributed by atoms with Gasteiger partial charge in [0.15, 0.2) is 5.78 Å². The second kappa shape index (κ2) is 4.20. The highest BCUT2D eigenvalue weighted by Gasteiger charge is 2.18. The fourth-order valence-corrected chi connectivity index (χ4v) is 1.13. The molecule has 0 saturated heterocycles. The molecule has 1 aromatic rings. The fourth-order valence-electron chi connectivity index (χ4n) is 1.13. The zero-order valence-electron chi connectivity index (χ0n) is 7.76. The zero-order chi connectivity index (χ0) is 11.6. The summed E-state index contributed by atoms with van der Waals surface area (Å²) < 4.78 is 40.8. The second-order valence-corrected chi connectivity index (χ2v) is 2.77. The highest BCUT2D eigenvalue weighted by molar-refractivity contribution is 6.01. The molecule has 0 aliphatic heterocycles. The molecule has 0 aliphatic carbocycles. The van der Waals surface area contributed by atoms with Crippen molar-refractivity contribution in [1.29, 1.82) is 0 Å². The second-order valence-electron chi connectivity index (χ2n) is 2.77. The number of Topliss-reactive ketones (excluding diaryl/α,β-unsaturated/α-hetero) is 1. The van der Waals surface area contributed by atoms with Crippen LogP contribution in [0.25, 0.3) is 0 Å². The Kier molecular flexibility index (Phi) is 3.18. The largest absolute Gasteiger partial charge is 0.434 e. The van der Waals surface area contributed by atoms with Gasteiger partial charge < -0.3 is 10.5 Å². The first-order valence-corrected chi connectivity index (χ1v) is 3.97. The van der Waals surface area contributed by atoms with E-state index in [0.717, 1.165) is 19.1 Å². The molecule has 0 aromatic heterocycles. The minimum absolute atomic E-state index is 0.365. The summed E-state index contributed by atoms with van der Waals surface area (Å²) in [5.41, 5.74) is 4.39. The van der Waals surface area contributed by atoms with Crippen LogP contribution in [-0.4, -0.2) is 12.4 Å². The van der Waals surface area contributed by atoms with E-state index < -0.39 is 29.6 Å². The van der Waals surface area contributed by atoms with Crippen molar-refractivity contribution in [2.24, 2.45) is 0 Å². The molecule has 15 heavy (non-hydrogen) atoms. The number of nitrogens with two attached hydrogens (primary N) is 1. The molecule has 0 radical (unpaired) electrons. The SMILES string of the molecule is CC(=O)c1c(OC(F)F)ccc(F)c1N. The summed E-state index contributed by atoms with van der Waals surface area (Å²) in [6.07, 6.45) is 0.